The fraction of sp³-hybridized carbons (Fsp3) is 0.429. The van der Waals surface area contributed by atoms with Crippen LogP contribution < -0.4 is 5.32 Å². The molecular formula is C14H19N. The fourth-order valence-corrected chi connectivity index (χ4v) is 2.17. The first-order valence-corrected chi connectivity index (χ1v) is 5.80. The standard InChI is InChI=1S/C14H19N/c1-12(14-8-5-9-15-11-14)10-13-6-3-2-4-7-13/h2-4,6-7,10,14-15H,5,8-9,11H2,1H3/b12-10+. The molecule has 0 aromatic heterocycles. The van der Waals surface area contributed by atoms with E-state index in [4.69, 9.17) is 0 Å². The van der Waals surface area contributed by atoms with Gasteiger partial charge < -0.3 is 5.32 Å². The normalized spacial score (nSPS) is 22.7. The van der Waals surface area contributed by atoms with E-state index in [0.717, 1.165) is 12.5 Å². The topological polar surface area (TPSA) is 12.0 Å². The minimum atomic E-state index is 0.735. The number of hydrogen-bond acceptors (Lipinski definition) is 1. The molecule has 2 rings (SSSR count). The predicted octanol–water partition coefficient (Wildman–Crippen LogP) is 3.09. The average molecular weight is 201 g/mol. The van der Waals surface area contributed by atoms with Crippen LogP contribution in [0.15, 0.2) is 35.9 Å². The molecule has 0 aliphatic carbocycles. The molecule has 1 N–H and O–H groups in total. The Labute approximate surface area is 92.2 Å². The summed E-state index contributed by atoms with van der Waals surface area (Å²) in [7, 11) is 0. The Hall–Kier alpha value is -1.08. The van der Waals surface area contributed by atoms with Crippen molar-refractivity contribution in [2.75, 3.05) is 13.1 Å². The van der Waals surface area contributed by atoms with Gasteiger partial charge in [0, 0.05) is 6.54 Å². The Balaban J connectivity index is 2.06. The van der Waals surface area contributed by atoms with Gasteiger partial charge in [-0.1, -0.05) is 42.0 Å². The van der Waals surface area contributed by atoms with Gasteiger partial charge in [-0.3, -0.25) is 0 Å². The summed E-state index contributed by atoms with van der Waals surface area (Å²) in [6, 6.07) is 10.6. The van der Waals surface area contributed by atoms with E-state index < -0.39 is 0 Å². The van der Waals surface area contributed by atoms with Crippen molar-refractivity contribution in [3.05, 3.63) is 41.5 Å². The third-order valence-corrected chi connectivity index (χ3v) is 3.13. The molecule has 0 radical (unpaired) electrons. The lowest BCUT2D eigenvalue weighted by Gasteiger charge is -2.23. The molecule has 1 atom stereocenters. The number of hydrogen-bond donors (Lipinski definition) is 1. The van der Waals surface area contributed by atoms with Crippen LogP contribution in [0.5, 0.6) is 0 Å². The highest BCUT2D eigenvalue weighted by molar-refractivity contribution is 5.52. The largest absolute Gasteiger partial charge is 0.316 e. The van der Waals surface area contributed by atoms with Crippen molar-refractivity contribution >= 4 is 6.08 Å². The maximum Gasteiger partial charge on any atom is 0.00169 e. The Kier molecular flexibility index (Phi) is 3.57. The van der Waals surface area contributed by atoms with Gasteiger partial charge >= 0.3 is 0 Å². The second kappa shape index (κ2) is 5.13. The highest BCUT2D eigenvalue weighted by Crippen LogP contribution is 2.21. The van der Waals surface area contributed by atoms with Crippen molar-refractivity contribution in [3.63, 3.8) is 0 Å². The molecule has 1 aromatic carbocycles. The molecule has 1 saturated heterocycles. The highest BCUT2D eigenvalue weighted by Gasteiger charge is 2.13. The summed E-state index contributed by atoms with van der Waals surface area (Å²) in [6.45, 7) is 4.59. The second-order valence-electron chi connectivity index (χ2n) is 4.34. The number of nitrogens with one attached hydrogen (secondary N) is 1. The Bertz CT molecular complexity index is 320. The molecule has 0 bridgehead atoms. The molecule has 0 amide bonds. The lowest BCUT2D eigenvalue weighted by molar-refractivity contribution is 0.424. The van der Waals surface area contributed by atoms with E-state index in [2.05, 4.69) is 48.6 Å². The molecule has 1 heteroatoms. The molecule has 80 valence electrons. The van der Waals surface area contributed by atoms with Gasteiger partial charge in [-0.25, -0.2) is 0 Å². The van der Waals surface area contributed by atoms with Gasteiger partial charge in [0.1, 0.15) is 0 Å². The molecule has 1 aromatic rings. The van der Waals surface area contributed by atoms with Crippen LogP contribution in [0.3, 0.4) is 0 Å². The maximum atomic E-state index is 3.46. The van der Waals surface area contributed by atoms with E-state index >= 15 is 0 Å². The summed E-state index contributed by atoms with van der Waals surface area (Å²) in [6.07, 6.45) is 4.96. The van der Waals surface area contributed by atoms with Crippen LogP contribution in [-0.2, 0) is 0 Å². The van der Waals surface area contributed by atoms with Crippen LogP contribution in [0.25, 0.3) is 6.08 Å². The molecule has 1 aliphatic heterocycles. The van der Waals surface area contributed by atoms with Crippen LogP contribution in [0.2, 0.25) is 0 Å². The van der Waals surface area contributed by atoms with Gasteiger partial charge in [-0.15, -0.1) is 0 Å². The van der Waals surface area contributed by atoms with E-state index in [1.165, 1.54) is 30.5 Å². The zero-order valence-corrected chi connectivity index (χ0v) is 9.37. The Morgan fingerprint density at radius 1 is 1.33 bits per heavy atom. The van der Waals surface area contributed by atoms with Crippen LogP contribution in [0.4, 0.5) is 0 Å². The molecule has 1 fully saturated rings. The molecule has 1 heterocycles. The van der Waals surface area contributed by atoms with Crippen molar-refractivity contribution in [2.45, 2.75) is 19.8 Å². The number of piperidine rings is 1. The number of rotatable bonds is 2. The zero-order valence-electron chi connectivity index (χ0n) is 9.37. The second-order valence-corrected chi connectivity index (χ2v) is 4.34. The Morgan fingerprint density at radius 3 is 2.80 bits per heavy atom. The smallest absolute Gasteiger partial charge is 0.00169 e. The van der Waals surface area contributed by atoms with Gasteiger partial charge in [0.15, 0.2) is 0 Å². The molecule has 1 aliphatic rings. The molecule has 15 heavy (non-hydrogen) atoms. The highest BCUT2D eigenvalue weighted by atomic mass is 14.9. The summed E-state index contributed by atoms with van der Waals surface area (Å²) in [5.74, 6) is 0.735. The zero-order chi connectivity index (χ0) is 10.5. The minimum absolute atomic E-state index is 0.735. The first kappa shape index (κ1) is 10.4. The summed E-state index contributed by atoms with van der Waals surface area (Å²) >= 11 is 0. The predicted molar refractivity (Wildman–Crippen MR) is 65.7 cm³/mol. The van der Waals surface area contributed by atoms with Crippen LogP contribution in [0.1, 0.15) is 25.3 Å². The third kappa shape index (κ3) is 2.93. The third-order valence-electron chi connectivity index (χ3n) is 3.13. The lowest BCUT2D eigenvalue weighted by atomic mass is 9.91. The van der Waals surface area contributed by atoms with Gasteiger partial charge in [0.2, 0.25) is 0 Å². The summed E-state index contributed by atoms with van der Waals surface area (Å²) in [5.41, 5.74) is 2.83. The monoisotopic (exact) mass is 201 g/mol. The number of benzene rings is 1. The van der Waals surface area contributed by atoms with Crippen LogP contribution in [0, 0.1) is 5.92 Å². The van der Waals surface area contributed by atoms with E-state index in [1.807, 2.05) is 0 Å². The van der Waals surface area contributed by atoms with Crippen LogP contribution >= 0.6 is 0 Å². The quantitative estimate of drug-likeness (QED) is 0.775. The molecule has 0 spiro atoms. The summed E-state index contributed by atoms with van der Waals surface area (Å²) in [4.78, 5) is 0. The van der Waals surface area contributed by atoms with Gasteiger partial charge in [-0.05, 0) is 37.8 Å². The van der Waals surface area contributed by atoms with Crippen molar-refractivity contribution in [1.82, 2.24) is 5.32 Å². The van der Waals surface area contributed by atoms with E-state index in [0.29, 0.717) is 0 Å². The summed E-state index contributed by atoms with van der Waals surface area (Å²) < 4.78 is 0. The van der Waals surface area contributed by atoms with E-state index in [9.17, 15) is 0 Å². The first-order chi connectivity index (χ1) is 7.36. The molecule has 1 nitrogen and oxygen atoms in total. The Morgan fingerprint density at radius 2 is 2.13 bits per heavy atom. The molecular weight excluding hydrogens is 182 g/mol. The van der Waals surface area contributed by atoms with E-state index in [-0.39, 0.29) is 0 Å². The van der Waals surface area contributed by atoms with Crippen molar-refractivity contribution in [3.8, 4) is 0 Å². The van der Waals surface area contributed by atoms with E-state index in [1.54, 1.807) is 0 Å². The van der Waals surface area contributed by atoms with Gasteiger partial charge in [-0.2, -0.15) is 0 Å². The van der Waals surface area contributed by atoms with Crippen molar-refractivity contribution in [1.29, 1.82) is 0 Å². The fourth-order valence-electron chi connectivity index (χ4n) is 2.17. The van der Waals surface area contributed by atoms with Crippen molar-refractivity contribution in [2.24, 2.45) is 5.92 Å². The maximum absolute atomic E-state index is 3.46. The molecule has 0 saturated carbocycles. The SMILES string of the molecule is C/C(=C\c1ccccc1)C1CCCNC1. The van der Waals surface area contributed by atoms with Crippen LogP contribution in [-0.4, -0.2) is 13.1 Å². The molecule has 1 unspecified atom stereocenters. The lowest BCUT2D eigenvalue weighted by Crippen LogP contribution is -2.30. The van der Waals surface area contributed by atoms with Crippen molar-refractivity contribution < 1.29 is 0 Å². The minimum Gasteiger partial charge on any atom is -0.316 e. The first-order valence-electron chi connectivity index (χ1n) is 5.80. The van der Waals surface area contributed by atoms with Gasteiger partial charge in [0.25, 0.3) is 0 Å². The average Bonchev–Trinajstić information content (AvgIpc) is 2.31. The van der Waals surface area contributed by atoms with Gasteiger partial charge in [0.05, 0.1) is 0 Å². The summed E-state index contributed by atoms with van der Waals surface area (Å²) in [5, 5.41) is 3.46.